The first-order chi connectivity index (χ1) is 14.9. The third-order valence-electron chi connectivity index (χ3n) is 7.00. The van der Waals surface area contributed by atoms with Gasteiger partial charge in [0.15, 0.2) is 11.4 Å². The number of aliphatic hydroxyl groups excluding tert-OH is 3. The largest absolute Gasteiger partial charge is 2.00 e. The van der Waals surface area contributed by atoms with E-state index in [4.69, 9.17) is 5.73 Å². The van der Waals surface area contributed by atoms with Crippen LogP contribution in [0.5, 0.6) is 5.75 Å². The number of aliphatic hydroxyl groups is 4. The third-order valence-corrected chi connectivity index (χ3v) is 7.00. The van der Waals surface area contributed by atoms with Crippen molar-refractivity contribution in [3.63, 3.8) is 0 Å². The van der Waals surface area contributed by atoms with Gasteiger partial charge in [-0.15, -0.1) is 0 Å². The molecule has 0 heterocycles. The first kappa shape index (κ1) is 33.7. The average Bonchev–Trinajstić information content (AvgIpc) is 2.70. The molecule has 1 amide bonds. The predicted octanol–water partition coefficient (Wildman–Crippen LogP) is -1.30. The SMILES string of the molecule is C[C@H]1c2cccc(O)c2C(=O)C2=C(O)[C@]3(O)C(=O)C(C(N)=O)=C(O)[C@@H](N(C)C)[C@@H]3[C@@H](O)[C@@H]21.O.[Cu+].[Cu+].[O-2]. The van der Waals surface area contributed by atoms with Crippen molar-refractivity contribution in [2.24, 2.45) is 17.6 Å². The molecule has 9 N–H and O–H groups in total. The summed E-state index contributed by atoms with van der Waals surface area (Å²) in [5.41, 5.74) is 1.36. The van der Waals surface area contributed by atoms with Gasteiger partial charge in [-0.2, -0.15) is 0 Å². The molecule has 0 radical (unpaired) electrons. The van der Waals surface area contributed by atoms with Crippen LogP contribution in [-0.2, 0) is 49.2 Å². The number of nitrogens with zero attached hydrogens (tertiary/aromatic N) is 1. The van der Waals surface area contributed by atoms with Gasteiger partial charge >= 0.3 is 34.1 Å². The molecule has 0 spiro atoms. The van der Waals surface area contributed by atoms with E-state index >= 15 is 0 Å². The van der Waals surface area contributed by atoms with Crippen LogP contribution in [0.3, 0.4) is 0 Å². The van der Waals surface area contributed by atoms with Gasteiger partial charge in [0.2, 0.25) is 5.78 Å². The maximum atomic E-state index is 13.3. The Kier molecular flexibility index (Phi) is 10.3. The van der Waals surface area contributed by atoms with E-state index in [1.165, 1.54) is 25.1 Å². The fourth-order valence-electron chi connectivity index (χ4n) is 5.58. The molecule has 0 unspecified atom stereocenters. The van der Waals surface area contributed by atoms with Crippen LogP contribution in [0, 0.1) is 11.8 Å². The number of benzene rings is 1. The number of rotatable bonds is 2. The monoisotopic (exact) mass is 604 g/mol. The number of phenols is 1. The molecule has 0 aliphatic heterocycles. The predicted molar refractivity (Wildman–Crippen MR) is 114 cm³/mol. The second-order valence-corrected chi connectivity index (χ2v) is 8.79. The number of aromatic hydroxyl groups is 1. The fraction of sp³-hybridized carbons (Fsp3) is 0.409. The molecule has 1 aromatic carbocycles. The van der Waals surface area contributed by atoms with Gasteiger partial charge in [0.25, 0.3) is 5.91 Å². The van der Waals surface area contributed by atoms with Crippen LogP contribution in [0.2, 0.25) is 0 Å². The second-order valence-electron chi connectivity index (χ2n) is 8.79. The van der Waals surface area contributed by atoms with Crippen LogP contribution >= 0.6 is 0 Å². The van der Waals surface area contributed by atoms with Crippen LogP contribution in [0.1, 0.15) is 28.8 Å². The standard InChI is InChI=1S/C22H24N2O8.2Cu.H2O.O/c1-7-8-5-4-6-9(25)11(8)16(26)12-10(7)17(27)14-15(24(2)3)18(28)13(21(23)31)20(30)22(14,32)19(12)29;;;;/h4-7,10,14-15,17,25,27-29,32H,1-3H3,(H2,23,31);;;1H2;/q;2*+1;;-2/t7-,10+,14+,15-,17-,22-;;;;/m0..../s1. The van der Waals surface area contributed by atoms with Gasteiger partial charge in [-0.25, -0.2) is 0 Å². The van der Waals surface area contributed by atoms with E-state index < -0.39 is 75.6 Å². The first-order valence-electron chi connectivity index (χ1n) is 10.0. The van der Waals surface area contributed by atoms with Gasteiger partial charge < -0.3 is 42.2 Å². The number of primary amides is 1. The summed E-state index contributed by atoms with van der Waals surface area (Å²) in [4.78, 5) is 39.8. The van der Waals surface area contributed by atoms with E-state index in [1.807, 2.05) is 0 Å². The minimum absolute atomic E-state index is 0. The van der Waals surface area contributed by atoms with Crippen molar-refractivity contribution in [2.75, 3.05) is 14.1 Å². The number of phenolic OH excluding ortho intramolecular Hbond substituents is 1. The number of amides is 1. The molecule has 0 saturated carbocycles. The second kappa shape index (κ2) is 11.0. The summed E-state index contributed by atoms with van der Waals surface area (Å²) in [6, 6.07) is 3.17. The van der Waals surface area contributed by atoms with Gasteiger partial charge in [0, 0.05) is 11.5 Å². The molecular weight excluding hydrogens is 579 g/mol. The summed E-state index contributed by atoms with van der Waals surface area (Å²) in [6.07, 6.45) is -1.59. The number of ketones is 2. The van der Waals surface area contributed by atoms with E-state index in [0.29, 0.717) is 5.56 Å². The summed E-state index contributed by atoms with van der Waals surface area (Å²) in [6.45, 7) is 1.68. The van der Waals surface area contributed by atoms with Crippen molar-refractivity contribution in [2.45, 2.75) is 30.6 Å². The van der Waals surface area contributed by atoms with E-state index in [9.17, 15) is 39.9 Å². The zero-order valence-corrected chi connectivity index (χ0v) is 21.0. The quantitative estimate of drug-likeness (QED) is 0.173. The summed E-state index contributed by atoms with van der Waals surface area (Å²) >= 11 is 0. The van der Waals surface area contributed by atoms with Gasteiger partial charge in [-0.1, -0.05) is 19.1 Å². The summed E-state index contributed by atoms with van der Waals surface area (Å²) < 4.78 is 0. The number of likely N-dealkylation sites (N-methyl/N-ethyl adjacent to an activating group) is 1. The Balaban J connectivity index is 0.00000306. The maximum absolute atomic E-state index is 13.3. The van der Waals surface area contributed by atoms with Gasteiger partial charge in [-0.05, 0) is 31.6 Å². The molecule has 4 rings (SSSR count). The summed E-state index contributed by atoms with van der Waals surface area (Å²) in [5.74, 6) is -8.86. The van der Waals surface area contributed by atoms with Crippen molar-refractivity contribution in [3.05, 3.63) is 52.0 Å². The molecule has 12 nitrogen and oxygen atoms in total. The molecule has 3 aliphatic carbocycles. The summed E-state index contributed by atoms with van der Waals surface area (Å²) in [5, 5.41) is 55.0. The topological polar surface area (TPSA) is 242 Å². The van der Waals surface area contributed by atoms with Crippen molar-refractivity contribution < 1.29 is 85.0 Å². The number of Topliss-reactive ketones (excluding diaryl/α,β-unsaturated/α-hetero) is 2. The number of fused-ring (bicyclic) bond motifs is 3. The zero-order valence-electron chi connectivity index (χ0n) is 19.1. The zero-order chi connectivity index (χ0) is 23.9. The minimum Gasteiger partial charge on any atom is -2.00 e. The van der Waals surface area contributed by atoms with E-state index in [0.717, 1.165) is 0 Å². The minimum atomic E-state index is -2.89. The van der Waals surface area contributed by atoms with Crippen molar-refractivity contribution in [1.29, 1.82) is 0 Å². The molecule has 3 aliphatic rings. The maximum Gasteiger partial charge on any atom is 1.00 e. The fourth-order valence-corrected chi connectivity index (χ4v) is 5.58. The van der Waals surface area contributed by atoms with Gasteiger partial charge in [-0.3, -0.25) is 19.3 Å². The van der Waals surface area contributed by atoms with E-state index in [2.05, 4.69) is 0 Å². The number of nitrogens with two attached hydrogens (primary N) is 1. The van der Waals surface area contributed by atoms with Gasteiger partial charge in [0.1, 0.15) is 22.8 Å². The summed E-state index contributed by atoms with van der Waals surface area (Å²) in [7, 11) is 2.98. The van der Waals surface area contributed by atoms with Crippen molar-refractivity contribution >= 4 is 17.5 Å². The third kappa shape index (κ3) is 4.08. The first-order valence-corrected chi connectivity index (χ1v) is 10.0. The normalized spacial score (nSPS) is 30.6. The van der Waals surface area contributed by atoms with Crippen LogP contribution in [-0.4, -0.2) is 85.2 Å². The van der Waals surface area contributed by atoms with E-state index in [1.54, 1.807) is 19.1 Å². The molecule has 206 valence electrons. The van der Waals surface area contributed by atoms with Crippen molar-refractivity contribution in [3.8, 4) is 5.75 Å². The Morgan fingerprint density at radius 3 is 2.17 bits per heavy atom. The molecule has 0 saturated heterocycles. The van der Waals surface area contributed by atoms with E-state index in [-0.39, 0.29) is 56.4 Å². The van der Waals surface area contributed by atoms with Crippen LogP contribution in [0.25, 0.3) is 0 Å². The molecule has 14 heteroatoms. The molecule has 0 fully saturated rings. The number of carbonyl (C=O) groups excluding carboxylic acids is 3. The Labute approximate surface area is 227 Å². The number of carbonyl (C=O) groups is 3. The van der Waals surface area contributed by atoms with Crippen LogP contribution in [0.4, 0.5) is 0 Å². The average molecular weight is 606 g/mol. The number of hydrogen-bond acceptors (Lipinski definition) is 9. The Morgan fingerprint density at radius 1 is 1.11 bits per heavy atom. The van der Waals surface area contributed by atoms with Gasteiger partial charge in [0.05, 0.1) is 23.6 Å². The Bertz CT molecular complexity index is 1150. The molecule has 36 heavy (non-hydrogen) atoms. The number of hydrogen-bond donors (Lipinski definition) is 6. The molecular formula is C22H26Cu2N2O10. The van der Waals surface area contributed by atoms with Crippen molar-refractivity contribution in [1.82, 2.24) is 4.90 Å². The Hall–Kier alpha value is -2.25. The molecule has 0 bridgehead atoms. The smallest absolute Gasteiger partial charge is 1.00 e. The molecule has 6 atom stereocenters. The van der Waals surface area contributed by atoms with Crippen LogP contribution in [0.15, 0.2) is 40.9 Å². The Morgan fingerprint density at radius 2 is 1.67 bits per heavy atom. The molecule has 0 aromatic heterocycles. The molecule has 1 aromatic rings. The van der Waals surface area contributed by atoms with Crippen LogP contribution < -0.4 is 5.73 Å².